The van der Waals surface area contributed by atoms with Gasteiger partial charge >= 0.3 is 0 Å². The average Bonchev–Trinajstić information content (AvgIpc) is 3.35. The second-order valence-electron chi connectivity index (χ2n) is 6.56. The molecule has 0 aliphatic carbocycles. The third-order valence-electron chi connectivity index (χ3n) is 4.65. The van der Waals surface area contributed by atoms with Gasteiger partial charge in [-0.05, 0) is 24.8 Å². The lowest BCUT2D eigenvalue weighted by Gasteiger charge is -2.07. The summed E-state index contributed by atoms with van der Waals surface area (Å²) in [7, 11) is 1.95. The predicted molar refractivity (Wildman–Crippen MR) is 95.1 cm³/mol. The first-order valence-corrected chi connectivity index (χ1v) is 8.86. The molecule has 1 aromatic carbocycles. The maximum atomic E-state index is 5.70. The minimum Gasteiger partial charge on any atom is -0.378 e. The van der Waals surface area contributed by atoms with Crippen molar-refractivity contribution in [3.05, 3.63) is 54.1 Å². The molecule has 6 heteroatoms. The van der Waals surface area contributed by atoms with Gasteiger partial charge in [-0.1, -0.05) is 30.3 Å². The molecule has 25 heavy (non-hydrogen) atoms. The summed E-state index contributed by atoms with van der Waals surface area (Å²) in [6.07, 6.45) is 8.47. The SMILES string of the molecule is Cn1nc(-c2cnn(Cc3ccccc3)c2)nc1CC[C@H]1CCCO1. The number of nitrogens with zero attached hydrogens (tertiary/aromatic N) is 5. The quantitative estimate of drug-likeness (QED) is 0.694. The highest BCUT2D eigenvalue weighted by Crippen LogP contribution is 2.19. The van der Waals surface area contributed by atoms with Crippen LogP contribution in [-0.4, -0.2) is 37.3 Å². The molecule has 0 amide bonds. The van der Waals surface area contributed by atoms with Crippen molar-refractivity contribution in [2.75, 3.05) is 6.61 Å². The van der Waals surface area contributed by atoms with E-state index < -0.39 is 0 Å². The highest BCUT2D eigenvalue weighted by Gasteiger charge is 2.17. The summed E-state index contributed by atoms with van der Waals surface area (Å²) in [5.74, 6) is 1.74. The molecule has 1 aliphatic heterocycles. The molecule has 0 N–H and O–H groups in total. The summed E-state index contributed by atoms with van der Waals surface area (Å²) in [6.45, 7) is 1.65. The van der Waals surface area contributed by atoms with Gasteiger partial charge in [0.1, 0.15) is 5.82 Å². The van der Waals surface area contributed by atoms with Crippen molar-refractivity contribution in [1.29, 1.82) is 0 Å². The Hall–Kier alpha value is -2.47. The molecule has 1 saturated heterocycles. The van der Waals surface area contributed by atoms with Crippen LogP contribution < -0.4 is 0 Å². The van der Waals surface area contributed by atoms with Gasteiger partial charge in [-0.25, -0.2) is 4.98 Å². The standard InChI is InChI=1S/C19H23N5O/c1-23-18(10-9-17-8-5-11-25-17)21-19(22-23)16-12-20-24(14-16)13-15-6-3-2-4-7-15/h2-4,6-7,12,14,17H,5,8-11,13H2,1H3/t17-/m1/s1. The number of aryl methyl sites for hydroxylation is 2. The predicted octanol–water partition coefficient (Wildman–Crippen LogP) is 2.84. The summed E-state index contributed by atoms with van der Waals surface area (Å²) in [5, 5.41) is 9.00. The lowest BCUT2D eigenvalue weighted by molar-refractivity contribution is 0.104. The third kappa shape index (κ3) is 3.79. The molecule has 1 fully saturated rings. The van der Waals surface area contributed by atoms with Crippen LogP contribution in [0.4, 0.5) is 0 Å². The molecule has 6 nitrogen and oxygen atoms in total. The highest BCUT2D eigenvalue weighted by molar-refractivity contribution is 5.51. The maximum Gasteiger partial charge on any atom is 0.184 e. The molecule has 0 bridgehead atoms. The molecule has 3 aromatic rings. The second-order valence-corrected chi connectivity index (χ2v) is 6.56. The molecule has 0 radical (unpaired) electrons. The first-order valence-electron chi connectivity index (χ1n) is 8.86. The number of ether oxygens (including phenoxy) is 1. The van der Waals surface area contributed by atoms with Crippen molar-refractivity contribution in [2.45, 2.75) is 38.3 Å². The van der Waals surface area contributed by atoms with Crippen molar-refractivity contribution in [3.8, 4) is 11.4 Å². The minimum absolute atomic E-state index is 0.383. The van der Waals surface area contributed by atoms with Crippen LogP contribution in [0.3, 0.4) is 0 Å². The lowest BCUT2D eigenvalue weighted by Crippen LogP contribution is -2.09. The van der Waals surface area contributed by atoms with E-state index in [4.69, 9.17) is 9.72 Å². The van der Waals surface area contributed by atoms with E-state index in [1.807, 2.05) is 47.0 Å². The van der Waals surface area contributed by atoms with Gasteiger partial charge in [0.15, 0.2) is 5.82 Å². The number of aromatic nitrogens is 5. The summed E-state index contributed by atoms with van der Waals surface area (Å²) >= 11 is 0. The number of hydrogen-bond acceptors (Lipinski definition) is 4. The van der Waals surface area contributed by atoms with E-state index in [0.29, 0.717) is 6.10 Å². The first-order chi connectivity index (χ1) is 12.3. The van der Waals surface area contributed by atoms with Crippen LogP contribution in [0.1, 0.15) is 30.7 Å². The minimum atomic E-state index is 0.383. The van der Waals surface area contributed by atoms with Gasteiger partial charge in [0.25, 0.3) is 0 Å². The molecule has 0 saturated carbocycles. The Morgan fingerprint density at radius 1 is 1.24 bits per heavy atom. The fourth-order valence-electron chi connectivity index (χ4n) is 3.25. The van der Waals surface area contributed by atoms with Gasteiger partial charge in [0.05, 0.1) is 24.4 Å². The van der Waals surface area contributed by atoms with Crippen molar-refractivity contribution < 1.29 is 4.74 Å². The fraction of sp³-hybridized carbons (Fsp3) is 0.421. The Balaban J connectivity index is 1.44. The van der Waals surface area contributed by atoms with Gasteiger partial charge in [-0.15, -0.1) is 0 Å². The molecule has 0 spiro atoms. The second kappa shape index (κ2) is 7.19. The normalized spacial score (nSPS) is 17.2. The van der Waals surface area contributed by atoms with Crippen LogP contribution in [0.2, 0.25) is 0 Å². The molecule has 1 aliphatic rings. The fourth-order valence-corrected chi connectivity index (χ4v) is 3.25. The van der Waals surface area contributed by atoms with Crippen molar-refractivity contribution in [1.82, 2.24) is 24.5 Å². The van der Waals surface area contributed by atoms with Crippen molar-refractivity contribution >= 4 is 0 Å². The van der Waals surface area contributed by atoms with Crippen LogP contribution in [0, 0.1) is 0 Å². The molecular weight excluding hydrogens is 314 g/mol. The van der Waals surface area contributed by atoms with E-state index in [0.717, 1.165) is 49.6 Å². The highest BCUT2D eigenvalue weighted by atomic mass is 16.5. The zero-order valence-electron chi connectivity index (χ0n) is 14.5. The topological polar surface area (TPSA) is 57.8 Å². The monoisotopic (exact) mass is 337 g/mol. The Labute approximate surface area is 147 Å². The zero-order chi connectivity index (χ0) is 17.1. The van der Waals surface area contributed by atoms with E-state index in [1.54, 1.807) is 0 Å². The Morgan fingerprint density at radius 2 is 2.12 bits per heavy atom. The smallest absolute Gasteiger partial charge is 0.184 e. The molecule has 0 unspecified atom stereocenters. The van der Waals surface area contributed by atoms with E-state index in [2.05, 4.69) is 22.3 Å². The first kappa shape index (κ1) is 16.0. The van der Waals surface area contributed by atoms with E-state index in [9.17, 15) is 0 Å². The molecule has 1 atom stereocenters. The van der Waals surface area contributed by atoms with Crippen LogP contribution in [-0.2, 0) is 24.8 Å². The molecular formula is C19H23N5O. The third-order valence-corrected chi connectivity index (χ3v) is 4.65. The number of hydrogen-bond donors (Lipinski definition) is 0. The van der Waals surface area contributed by atoms with Gasteiger partial charge in [0.2, 0.25) is 0 Å². The van der Waals surface area contributed by atoms with E-state index >= 15 is 0 Å². The Bertz CT molecular complexity index is 817. The van der Waals surface area contributed by atoms with Gasteiger partial charge in [0, 0.05) is 26.3 Å². The molecule has 3 heterocycles. The van der Waals surface area contributed by atoms with Crippen LogP contribution in [0.15, 0.2) is 42.7 Å². The number of benzene rings is 1. The zero-order valence-corrected chi connectivity index (χ0v) is 14.5. The lowest BCUT2D eigenvalue weighted by atomic mass is 10.1. The van der Waals surface area contributed by atoms with Crippen molar-refractivity contribution in [2.24, 2.45) is 7.05 Å². The Morgan fingerprint density at radius 3 is 2.92 bits per heavy atom. The molecule has 2 aromatic heterocycles. The van der Waals surface area contributed by atoms with Crippen molar-refractivity contribution in [3.63, 3.8) is 0 Å². The van der Waals surface area contributed by atoms with Gasteiger partial charge in [-0.3, -0.25) is 9.36 Å². The van der Waals surface area contributed by atoms with Crippen LogP contribution in [0.5, 0.6) is 0 Å². The van der Waals surface area contributed by atoms with Gasteiger partial charge in [-0.2, -0.15) is 10.2 Å². The van der Waals surface area contributed by atoms with Crippen LogP contribution >= 0.6 is 0 Å². The van der Waals surface area contributed by atoms with Crippen LogP contribution in [0.25, 0.3) is 11.4 Å². The maximum absolute atomic E-state index is 5.70. The summed E-state index contributed by atoms with van der Waals surface area (Å²) < 4.78 is 9.49. The Kier molecular flexibility index (Phi) is 4.61. The summed E-state index contributed by atoms with van der Waals surface area (Å²) in [5.41, 5.74) is 2.18. The number of rotatable bonds is 6. The summed E-state index contributed by atoms with van der Waals surface area (Å²) in [4.78, 5) is 4.70. The van der Waals surface area contributed by atoms with E-state index in [-0.39, 0.29) is 0 Å². The van der Waals surface area contributed by atoms with E-state index in [1.165, 1.54) is 12.0 Å². The van der Waals surface area contributed by atoms with Gasteiger partial charge < -0.3 is 4.74 Å². The average molecular weight is 337 g/mol. The summed E-state index contributed by atoms with van der Waals surface area (Å²) in [6, 6.07) is 10.3. The largest absolute Gasteiger partial charge is 0.378 e. The molecule has 4 rings (SSSR count). The molecule has 130 valence electrons.